The zero-order valence-electron chi connectivity index (χ0n) is 9.19. The van der Waals surface area contributed by atoms with Crippen LogP contribution < -0.4 is 5.56 Å². The molecular formula is C10H9ClN4OS. The molecule has 88 valence electrons. The number of hydrogen-bond donors (Lipinski definition) is 1. The zero-order valence-corrected chi connectivity index (χ0v) is 10.8. The molecule has 0 bridgehead atoms. The fourth-order valence-electron chi connectivity index (χ4n) is 1.16. The van der Waals surface area contributed by atoms with E-state index in [0.29, 0.717) is 21.2 Å². The van der Waals surface area contributed by atoms with E-state index >= 15 is 0 Å². The number of aromatic amines is 1. The molecule has 0 atom stereocenters. The van der Waals surface area contributed by atoms with Gasteiger partial charge in [-0.2, -0.15) is 0 Å². The van der Waals surface area contributed by atoms with Crippen molar-refractivity contribution in [1.82, 2.24) is 19.9 Å². The van der Waals surface area contributed by atoms with Crippen molar-refractivity contribution < 1.29 is 0 Å². The number of halogens is 1. The van der Waals surface area contributed by atoms with E-state index in [1.54, 1.807) is 6.92 Å². The molecular weight excluding hydrogens is 260 g/mol. The Bertz CT molecular complexity index is 613. The normalized spacial score (nSPS) is 10.5. The van der Waals surface area contributed by atoms with Crippen LogP contribution in [-0.2, 0) is 0 Å². The molecule has 2 heterocycles. The molecule has 0 saturated heterocycles. The molecule has 0 aliphatic rings. The van der Waals surface area contributed by atoms with Gasteiger partial charge >= 0.3 is 0 Å². The fourth-order valence-corrected chi connectivity index (χ4v) is 2.31. The van der Waals surface area contributed by atoms with Crippen LogP contribution in [0.25, 0.3) is 0 Å². The number of aromatic nitrogens is 4. The quantitative estimate of drug-likeness (QED) is 0.666. The van der Waals surface area contributed by atoms with Gasteiger partial charge in [0.2, 0.25) is 0 Å². The number of rotatable bonds is 2. The summed E-state index contributed by atoms with van der Waals surface area (Å²) in [6, 6.07) is 1.36. The molecule has 0 unspecified atom stereocenters. The standard InChI is InChI=1S/C10H9ClN4OS/c1-5-8(11)13-6(2)14-9(5)17-10-12-4-3-7(16)15-10/h3-4H,1-2H3,(H,12,15,16). The predicted octanol–water partition coefficient (Wildman–Crippen LogP) is 1.98. The average molecular weight is 269 g/mol. The molecule has 0 radical (unpaired) electrons. The summed E-state index contributed by atoms with van der Waals surface area (Å²) in [7, 11) is 0. The molecule has 2 aromatic heterocycles. The van der Waals surface area contributed by atoms with Gasteiger partial charge in [0.15, 0.2) is 5.16 Å². The topological polar surface area (TPSA) is 71.5 Å². The van der Waals surface area contributed by atoms with Crippen LogP contribution >= 0.6 is 23.4 Å². The van der Waals surface area contributed by atoms with Gasteiger partial charge in [-0.25, -0.2) is 15.0 Å². The summed E-state index contributed by atoms with van der Waals surface area (Å²) in [5.41, 5.74) is 0.575. The van der Waals surface area contributed by atoms with Crippen molar-refractivity contribution in [1.29, 1.82) is 0 Å². The SMILES string of the molecule is Cc1nc(Cl)c(C)c(Sc2nccc(=O)[nH]2)n1. The summed E-state index contributed by atoms with van der Waals surface area (Å²) < 4.78 is 0. The van der Waals surface area contributed by atoms with Gasteiger partial charge in [0, 0.05) is 17.8 Å². The first-order valence-electron chi connectivity index (χ1n) is 4.80. The molecule has 0 spiro atoms. The Balaban J connectivity index is 2.39. The number of nitrogens with zero attached hydrogens (tertiary/aromatic N) is 3. The molecule has 1 N–H and O–H groups in total. The van der Waals surface area contributed by atoms with Gasteiger partial charge in [-0.05, 0) is 25.6 Å². The Hall–Kier alpha value is -1.40. The molecule has 2 rings (SSSR count). The highest BCUT2D eigenvalue weighted by Gasteiger charge is 2.10. The summed E-state index contributed by atoms with van der Waals surface area (Å²) in [6.45, 7) is 3.59. The van der Waals surface area contributed by atoms with Crippen LogP contribution in [0.3, 0.4) is 0 Å². The maximum absolute atomic E-state index is 11.1. The summed E-state index contributed by atoms with van der Waals surface area (Å²) in [5, 5.41) is 1.59. The first-order valence-corrected chi connectivity index (χ1v) is 5.99. The maximum atomic E-state index is 11.1. The second kappa shape index (κ2) is 4.85. The minimum Gasteiger partial charge on any atom is -0.301 e. The van der Waals surface area contributed by atoms with Crippen molar-refractivity contribution in [3.05, 3.63) is 39.2 Å². The van der Waals surface area contributed by atoms with E-state index in [1.807, 2.05) is 6.92 Å². The minimum absolute atomic E-state index is 0.197. The molecule has 0 aliphatic carbocycles. The van der Waals surface area contributed by atoms with Crippen LogP contribution in [-0.4, -0.2) is 19.9 Å². The molecule has 0 aromatic carbocycles. The van der Waals surface area contributed by atoms with Crippen molar-refractivity contribution in [2.75, 3.05) is 0 Å². The number of H-pyrrole nitrogens is 1. The average Bonchev–Trinajstić information content (AvgIpc) is 2.25. The molecule has 5 nitrogen and oxygen atoms in total. The van der Waals surface area contributed by atoms with Crippen molar-refractivity contribution >= 4 is 23.4 Å². The fraction of sp³-hybridized carbons (Fsp3) is 0.200. The maximum Gasteiger partial charge on any atom is 0.251 e. The van der Waals surface area contributed by atoms with Gasteiger partial charge in [0.1, 0.15) is 16.0 Å². The van der Waals surface area contributed by atoms with Crippen molar-refractivity contribution in [2.45, 2.75) is 24.0 Å². The third kappa shape index (κ3) is 2.83. The third-order valence-corrected chi connectivity index (χ3v) is 3.35. The highest BCUT2D eigenvalue weighted by Crippen LogP contribution is 2.28. The third-order valence-electron chi connectivity index (χ3n) is 1.99. The number of nitrogens with one attached hydrogen (secondary N) is 1. The molecule has 0 fully saturated rings. The summed E-state index contributed by atoms with van der Waals surface area (Å²) in [6.07, 6.45) is 1.45. The molecule has 7 heteroatoms. The van der Waals surface area contributed by atoms with E-state index in [1.165, 1.54) is 24.0 Å². The largest absolute Gasteiger partial charge is 0.301 e. The van der Waals surface area contributed by atoms with Crippen molar-refractivity contribution in [3.8, 4) is 0 Å². The Morgan fingerprint density at radius 1 is 1.35 bits per heavy atom. The van der Waals surface area contributed by atoms with Crippen LogP contribution in [0.4, 0.5) is 0 Å². The lowest BCUT2D eigenvalue weighted by Crippen LogP contribution is -2.05. The van der Waals surface area contributed by atoms with E-state index in [4.69, 9.17) is 11.6 Å². The van der Waals surface area contributed by atoms with E-state index in [9.17, 15) is 4.79 Å². The Labute approximate surface area is 107 Å². The lowest BCUT2D eigenvalue weighted by molar-refractivity contribution is 0.907. The monoisotopic (exact) mass is 268 g/mol. The summed E-state index contributed by atoms with van der Waals surface area (Å²) >= 11 is 7.21. The van der Waals surface area contributed by atoms with Crippen LogP contribution in [0.1, 0.15) is 11.4 Å². The summed E-state index contributed by atoms with van der Waals surface area (Å²) in [5.74, 6) is 0.585. The van der Waals surface area contributed by atoms with Gasteiger partial charge in [-0.15, -0.1) is 0 Å². The number of aryl methyl sites for hydroxylation is 1. The van der Waals surface area contributed by atoms with Gasteiger partial charge in [0.05, 0.1) is 0 Å². The Morgan fingerprint density at radius 3 is 2.82 bits per heavy atom. The van der Waals surface area contributed by atoms with Crippen molar-refractivity contribution in [2.24, 2.45) is 0 Å². The van der Waals surface area contributed by atoms with E-state index < -0.39 is 0 Å². The minimum atomic E-state index is -0.197. The first-order chi connectivity index (χ1) is 8.06. The Kier molecular flexibility index (Phi) is 3.44. The Morgan fingerprint density at radius 2 is 2.12 bits per heavy atom. The smallest absolute Gasteiger partial charge is 0.251 e. The van der Waals surface area contributed by atoms with Gasteiger partial charge < -0.3 is 4.98 Å². The van der Waals surface area contributed by atoms with Crippen LogP contribution in [0.5, 0.6) is 0 Å². The van der Waals surface area contributed by atoms with Gasteiger partial charge in [-0.1, -0.05) is 11.6 Å². The van der Waals surface area contributed by atoms with Gasteiger partial charge in [0.25, 0.3) is 5.56 Å². The molecule has 0 aliphatic heterocycles. The number of hydrogen-bond acceptors (Lipinski definition) is 5. The first kappa shape index (κ1) is 12.1. The van der Waals surface area contributed by atoms with Crippen LogP contribution in [0.2, 0.25) is 5.15 Å². The molecule has 0 saturated carbocycles. The van der Waals surface area contributed by atoms with E-state index in [-0.39, 0.29) is 5.56 Å². The van der Waals surface area contributed by atoms with E-state index in [0.717, 1.165) is 5.56 Å². The lowest BCUT2D eigenvalue weighted by atomic mass is 10.4. The predicted molar refractivity (Wildman–Crippen MR) is 65.5 cm³/mol. The van der Waals surface area contributed by atoms with Crippen molar-refractivity contribution in [3.63, 3.8) is 0 Å². The molecule has 0 amide bonds. The second-order valence-electron chi connectivity index (χ2n) is 3.33. The van der Waals surface area contributed by atoms with Crippen LogP contribution in [0.15, 0.2) is 27.2 Å². The molecule has 17 heavy (non-hydrogen) atoms. The zero-order chi connectivity index (χ0) is 12.4. The van der Waals surface area contributed by atoms with Gasteiger partial charge in [-0.3, -0.25) is 4.79 Å². The molecule has 2 aromatic rings. The van der Waals surface area contributed by atoms with E-state index in [2.05, 4.69) is 19.9 Å². The summed E-state index contributed by atoms with van der Waals surface area (Å²) in [4.78, 5) is 26.1. The van der Waals surface area contributed by atoms with Crippen LogP contribution in [0, 0.1) is 13.8 Å². The second-order valence-corrected chi connectivity index (χ2v) is 4.67. The highest BCUT2D eigenvalue weighted by atomic mass is 35.5. The highest BCUT2D eigenvalue weighted by molar-refractivity contribution is 7.99. The lowest BCUT2D eigenvalue weighted by Gasteiger charge is -2.05.